The van der Waals surface area contributed by atoms with Gasteiger partial charge in [0.2, 0.25) is 11.9 Å². The molecule has 0 unspecified atom stereocenters. The zero-order valence-corrected chi connectivity index (χ0v) is 32.8. The number of amides is 2. The van der Waals surface area contributed by atoms with Gasteiger partial charge in [-0.15, -0.1) is 0 Å². The molecule has 294 valence electrons. The highest BCUT2D eigenvalue weighted by atomic mass is 32.2. The number of aromatic amines is 1. The summed E-state index contributed by atoms with van der Waals surface area (Å²) in [4.78, 5) is 53.6. The summed E-state index contributed by atoms with van der Waals surface area (Å²) in [6.07, 6.45) is 2.88. The van der Waals surface area contributed by atoms with Crippen molar-refractivity contribution in [2.24, 2.45) is 0 Å². The minimum absolute atomic E-state index is 0.0123. The zero-order valence-electron chi connectivity index (χ0n) is 32.0. The predicted molar refractivity (Wildman–Crippen MR) is 216 cm³/mol. The number of para-hydroxylation sites is 1. The number of nitrogens with two attached hydrogens (primary N) is 1. The lowest BCUT2D eigenvalue weighted by Crippen LogP contribution is -2.47. The van der Waals surface area contributed by atoms with Crippen LogP contribution in [0.4, 0.5) is 17.3 Å². The Morgan fingerprint density at radius 3 is 2.38 bits per heavy atom. The highest BCUT2D eigenvalue weighted by Crippen LogP contribution is 2.36. The summed E-state index contributed by atoms with van der Waals surface area (Å²) in [6, 6.07) is 21.2. The molecule has 5 aromatic rings. The monoisotopic (exact) mass is 781 g/mol. The van der Waals surface area contributed by atoms with Gasteiger partial charge in [-0.05, 0) is 87.3 Å². The maximum absolute atomic E-state index is 14.0. The fourth-order valence-electron chi connectivity index (χ4n) is 6.63. The van der Waals surface area contributed by atoms with Crippen molar-refractivity contribution in [3.05, 3.63) is 101 Å². The molecule has 1 aromatic heterocycles. The second kappa shape index (κ2) is 17.3. The minimum Gasteiger partial charge on any atom is -0.494 e. The van der Waals surface area contributed by atoms with Gasteiger partial charge in [-0.1, -0.05) is 30.3 Å². The van der Waals surface area contributed by atoms with Crippen LogP contribution in [0.1, 0.15) is 57.5 Å². The number of imidazole rings is 1. The van der Waals surface area contributed by atoms with Crippen LogP contribution in [0.15, 0.2) is 83.8 Å². The number of ether oxygens (including phenoxy) is 2. The molecule has 0 bridgehead atoms. The smallest absolute Gasteiger partial charge is 0.264 e. The average molecular weight is 782 g/mol. The van der Waals surface area contributed by atoms with Crippen LogP contribution in [0.5, 0.6) is 11.5 Å². The number of fused-ring (bicyclic) bond motifs is 1. The van der Waals surface area contributed by atoms with E-state index in [-0.39, 0.29) is 50.4 Å². The maximum atomic E-state index is 14.0. The molecule has 4 aromatic carbocycles. The van der Waals surface area contributed by atoms with E-state index in [0.717, 1.165) is 51.0 Å². The number of sulfonamides is 1. The van der Waals surface area contributed by atoms with Gasteiger partial charge < -0.3 is 34.9 Å². The van der Waals surface area contributed by atoms with Crippen molar-refractivity contribution in [2.75, 3.05) is 69.3 Å². The number of hydrogen-bond donors (Lipinski definition) is 3. The van der Waals surface area contributed by atoms with E-state index < -0.39 is 21.7 Å². The van der Waals surface area contributed by atoms with Crippen molar-refractivity contribution in [3.63, 3.8) is 0 Å². The molecule has 0 saturated carbocycles. The Morgan fingerprint density at radius 1 is 0.911 bits per heavy atom. The molecular weight excluding hydrogens is 735 g/mol. The third-order valence-corrected chi connectivity index (χ3v) is 11.2. The third kappa shape index (κ3) is 8.79. The van der Waals surface area contributed by atoms with Gasteiger partial charge in [0.05, 0.1) is 52.2 Å². The standard InChI is InChI=1S/C41H47N7O7S/c1-27-17-20-33(34(26-27)55-25-10-6-9-16-35(49)48-23-21-46(2)22-24-48)47(3)40(51)29-18-19-31(39(54-4)36(29)42)38(50)30-14-11-15-32-37(30)44-41(43-32)45-56(52,53)28-12-7-5-8-13-28/h5,7-8,11-15,17-20,26H,6,9-10,16,21-25,42H2,1-4H3,(H2,43,44,45). The number of hydrogen-bond acceptors (Lipinski definition) is 10. The molecule has 0 spiro atoms. The van der Waals surface area contributed by atoms with E-state index in [9.17, 15) is 22.8 Å². The SMILES string of the molecule is COc1c(C(=O)c2cccc3[nH]c(NS(=O)(=O)c4ccccc4)nc23)ccc(C(=O)N(C)c2ccc(C)cc2OCCCCCC(=O)N2CCN(C)CC2)c1N. The van der Waals surface area contributed by atoms with Gasteiger partial charge in [-0.2, -0.15) is 0 Å². The number of benzene rings is 4. The van der Waals surface area contributed by atoms with E-state index in [1.807, 2.05) is 24.0 Å². The molecule has 2 amide bonds. The summed E-state index contributed by atoms with van der Waals surface area (Å²) in [5, 5.41) is 0. The van der Waals surface area contributed by atoms with Gasteiger partial charge in [0.1, 0.15) is 11.3 Å². The predicted octanol–water partition coefficient (Wildman–Crippen LogP) is 5.48. The number of nitrogen functional groups attached to an aromatic ring is 1. The van der Waals surface area contributed by atoms with Crippen LogP contribution in [0.25, 0.3) is 11.0 Å². The molecule has 1 aliphatic heterocycles. The Labute approximate surface area is 326 Å². The van der Waals surface area contributed by atoms with Gasteiger partial charge in [0.25, 0.3) is 15.9 Å². The second-order valence-electron chi connectivity index (χ2n) is 13.8. The second-order valence-corrected chi connectivity index (χ2v) is 15.5. The summed E-state index contributed by atoms with van der Waals surface area (Å²) >= 11 is 0. The number of aryl methyl sites for hydroxylation is 1. The highest BCUT2D eigenvalue weighted by Gasteiger charge is 2.27. The van der Waals surface area contributed by atoms with Gasteiger partial charge in [0.15, 0.2) is 11.5 Å². The fourth-order valence-corrected chi connectivity index (χ4v) is 7.62. The number of methoxy groups -OCH3 is 1. The number of anilines is 3. The number of nitrogens with zero attached hydrogens (tertiary/aromatic N) is 4. The van der Waals surface area contributed by atoms with Crippen LogP contribution in [-0.2, 0) is 14.8 Å². The van der Waals surface area contributed by atoms with Crippen LogP contribution < -0.4 is 24.8 Å². The lowest BCUT2D eigenvalue weighted by Gasteiger charge is -2.32. The first-order valence-corrected chi connectivity index (χ1v) is 19.9. The molecule has 0 radical (unpaired) electrons. The number of likely N-dealkylation sites (N-methyl/N-ethyl adjacent to an activating group) is 1. The molecule has 6 rings (SSSR count). The van der Waals surface area contributed by atoms with Crippen molar-refractivity contribution in [2.45, 2.75) is 37.5 Å². The van der Waals surface area contributed by atoms with Crippen LogP contribution in [-0.4, -0.2) is 99.8 Å². The van der Waals surface area contributed by atoms with E-state index in [1.54, 1.807) is 49.5 Å². The molecule has 56 heavy (non-hydrogen) atoms. The van der Waals surface area contributed by atoms with Gasteiger partial charge in [-0.3, -0.25) is 14.4 Å². The molecule has 0 atom stereocenters. The fraction of sp³-hybridized carbons (Fsp3) is 0.317. The quantitative estimate of drug-likeness (QED) is 0.0699. The number of carbonyl (C=O) groups excluding carboxylic acids is 3. The molecule has 14 nitrogen and oxygen atoms in total. The first kappa shape index (κ1) is 39.8. The Balaban J connectivity index is 1.14. The average Bonchev–Trinajstić information content (AvgIpc) is 3.61. The maximum Gasteiger partial charge on any atom is 0.264 e. The molecule has 4 N–H and O–H groups in total. The minimum atomic E-state index is -3.94. The topological polar surface area (TPSA) is 180 Å². The van der Waals surface area contributed by atoms with E-state index in [2.05, 4.69) is 26.6 Å². The lowest BCUT2D eigenvalue weighted by atomic mass is 9.98. The molecule has 1 aliphatic rings. The van der Waals surface area contributed by atoms with Crippen LogP contribution in [0.3, 0.4) is 0 Å². The number of nitrogens with one attached hydrogen (secondary N) is 2. The molecule has 1 saturated heterocycles. The Morgan fingerprint density at radius 2 is 1.64 bits per heavy atom. The Kier molecular flexibility index (Phi) is 12.2. The molecular formula is C41H47N7O7S. The Hall–Kier alpha value is -5.93. The van der Waals surface area contributed by atoms with Crippen molar-refractivity contribution in [3.8, 4) is 11.5 Å². The van der Waals surface area contributed by atoms with Crippen molar-refractivity contribution >= 4 is 56.0 Å². The van der Waals surface area contributed by atoms with Crippen molar-refractivity contribution in [1.29, 1.82) is 0 Å². The molecule has 2 heterocycles. The summed E-state index contributed by atoms with van der Waals surface area (Å²) in [5.74, 6) is -0.256. The highest BCUT2D eigenvalue weighted by molar-refractivity contribution is 7.92. The molecule has 0 aliphatic carbocycles. The number of rotatable bonds is 15. The summed E-state index contributed by atoms with van der Waals surface area (Å²) in [7, 11) is 1.10. The van der Waals surface area contributed by atoms with Crippen molar-refractivity contribution < 1.29 is 32.3 Å². The number of aromatic nitrogens is 2. The number of ketones is 1. The van der Waals surface area contributed by atoms with Crippen LogP contribution in [0, 0.1) is 6.92 Å². The van der Waals surface area contributed by atoms with Crippen LogP contribution >= 0.6 is 0 Å². The van der Waals surface area contributed by atoms with Gasteiger partial charge in [0, 0.05) is 39.6 Å². The van der Waals surface area contributed by atoms with E-state index >= 15 is 0 Å². The van der Waals surface area contributed by atoms with Crippen LogP contribution in [0.2, 0.25) is 0 Å². The van der Waals surface area contributed by atoms with Gasteiger partial charge >= 0.3 is 0 Å². The first-order chi connectivity index (χ1) is 26.9. The normalized spacial score (nSPS) is 13.4. The summed E-state index contributed by atoms with van der Waals surface area (Å²) in [5.41, 5.74) is 9.05. The number of carbonyl (C=O) groups is 3. The van der Waals surface area contributed by atoms with E-state index in [0.29, 0.717) is 30.0 Å². The number of H-pyrrole nitrogens is 1. The number of piperazine rings is 1. The largest absolute Gasteiger partial charge is 0.494 e. The van der Waals surface area contributed by atoms with Gasteiger partial charge in [-0.25, -0.2) is 18.1 Å². The number of unbranched alkanes of at least 4 members (excludes halogenated alkanes) is 2. The van der Waals surface area contributed by atoms with E-state index in [4.69, 9.17) is 15.2 Å². The summed E-state index contributed by atoms with van der Waals surface area (Å²) in [6.45, 7) is 5.70. The van der Waals surface area contributed by atoms with Crippen molar-refractivity contribution in [1.82, 2.24) is 19.8 Å². The summed E-state index contributed by atoms with van der Waals surface area (Å²) < 4.78 is 40.1. The Bertz CT molecular complexity index is 2340. The first-order valence-electron chi connectivity index (χ1n) is 18.4. The zero-order chi connectivity index (χ0) is 40.0. The lowest BCUT2D eigenvalue weighted by molar-refractivity contribution is -0.132. The third-order valence-electron chi connectivity index (χ3n) is 9.85. The van der Waals surface area contributed by atoms with E-state index in [1.165, 1.54) is 36.3 Å². The molecule has 1 fully saturated rings. The molecule has 15 heteroatoms.